The van der Waals surface area contributed by atoms with Gasteiger partial charge < -0.3 is 27.9 Å². The lowest BCUT2D eigenvalue weighted by atomic mass is 10.0. The van der Waals surface area contributed by atoms with E-state index in [9.17, 15) is 14.3 Å². The molecule has 0 amide bonds. The molecular weight excluding hydrogens is 830 g/mol. The maximum absolute atomic E-state index is 12.8. The summed E-state index contributed by atoms with van der Waals surface area (Å²) >= 11 is 0. The second kappa shape index (κ2) is 48.1. The van der Waals surface area contributed by atoms with Crippen LogP contribution in [-0.2, 0) is 27.9 Å². The van der Waals surface area contributed by atoms with E-state index >= 15 is 0 Å². The van der Waals surface area contributed by atoms with Gasteiger partial charge in [-0.25, -0.2) is 0 Å². The number of phosphoric ester groups is 1. The van der Waals surface area contributed by atoms with Crippen LogP contribution in [0.5, 0.6) is 0 Å². The molecule has 2 atom stereocenters. The molecule has 376 valence electrons. The van der Waals surface area contributed by atoms with E-state index in [0.29, 0.717) is 24.1 Å². The zero-order chi connectivity index (χ0) is 47.6. The molecule has 0 aliphatic heterocycles. The first kappa shape index (κ1) is 62.7. The molecule has 0 aliphatic carbocycles. The minimum atomic E-state index is -4.55. The lowest BCUT2D eigenvalue weighted by Crippen LogP contribution is -2.37. The van der Waals surface area contributed by atoms with Gasteiger partial charge in [0.1, 0.15) is 19.3 Å². The van der Waals surface area contributed by atoms with Crippen molar-refractivity contribution in [3.63, 3.8) is 0 Å². The molecule has 0 bridgehead atoms. The Hall–Kier alpha value is -2.32. The van der Waals surface area contributed by atoms with Crippen LogP contribution in [-0.4, -0.2) is 70.7 Å². The van der Waals surface area contributed by atoms with E-state index in [2.05, 4.69) is 98.9 Å². The van der Waals surface area contributed by atoms with E-state index in [1.54, 1.807) is 0 Å². The number of hydrogen-bond donors (Lipinski definition) is 0. The van der Waals surface area contributed by atoms with Crippen LogP contribution in [0.2, 0.25) is 0 Å². The first-order valence-corrected chi connectivity index (χ1v) is 27.8. The quantitative estimate of drug-likeness (QED) is 0.0197. The number of hydrogen-bond acceptors (Lipinski definition) is 7. The van der Waals surface area contributed by atoms with Gasteiger partial charge >= 0.3 is 5.97 Å². The molecule has 0 radical (unpaired) electrons. The van der Waals surface area contributed by atoms with Crippen LogP contribution < -0.4 is 4.89 Å². The number of carbonyl (C=O) groups excluding carboxylic acids is 1. The molecule has 0 aromatic rings. The molecule has 0 saturated carbocycles. The monoisotopic (exact) mass is 930 g/mol. The highest BCUT2D eigenvalue weighted by Crippen LogP contribution is 2.38. The third-order valence-electron chi connectivity index (χ3n) is 10.9. The Labute approximate surface area is 401 Å². The Bertz CT molecular complexity index is 1310. The van der Waals surface area contributed by atoms with Gasteiger partial charge in [-0.1, -0.05) is 195 Å². The normalized spacial score (nSPS) is 14.2. The van der Waals surface area contributed by atoms with E-state index in [4.69, 9.17) is 18.5 Å². The van der Waals surface area contributed by atoms with Gasteiger partial charge in [0.05, 0.1) is 34.4 Å². The molecular formula is C56H100NO7P. The molecule has 0 N–H and O–H groups in total. The summed E-state index contributed by atoms with van der Waals surface area (Å²) in [6.45, 7) is 5.17. The average Bonchev–Trinajstić information content (AvgIpc) is 3.27. The third-order valence-corrected chi connectivity index (χ3v) is 11.9. The van der Waals surface area contributed by atoms with Gasteiger partial charge in [-0.05, 0) is 89.9 Å². The Balaban J connectivity index is 4.18. The number of nitrogens with zero attached hydrogens (tertiary/aromatic N) is 1. The third kappa shape index (κ3) is 52.5. The van der Waals surface area contributed by atoms with Gasteiger partial charge in [-0.15, -0.1) is 0 Å². The fraction of sp³-hybridized carbons (Fsp3) is 0.732. The van der Waals surface area contributed by atoms with Crippen molar-refractivity contribution in [3.8, 4) is 0 Å². The largest absolute Gasteiger partial charge is 0.756 e. The Morgan fingerprint density at radius 2 is 0.892 bits per heavy atom. The molecule has 9 heteroatoms. The molecule has 0 saturated heterocycles. The molecule has 0 aromatic heterocycles. The molecule has 65 heavy (non-hydrogen) atoms. The van der Waals surface area contributed by atoms with Crippen molar-refractivity contribution in [3.05, 3.63) is 85.1 Å². The summed E-state index contributed by atoms with van der Waals surface area (Å²) < 4.78 is 34.7. The van der Waals surface area contributed by atoms with E-state index < -0.39 is 13.9 Å². The summed E-state index contributed by atoms with van der Waals surface area (Å²) in [5, 5.41) is 0. The molecule has 0 spiro atoms. The number of carbonyl (C=O) groups is 1. The number of ether oxygens (including phenoxy) is 2. The topological polar surface area (TPSA) is 94.1 Å². The van der Waals surface area contributed by atoms with Gasteiger partial charge in [0.2, 0.25) is 0 Å². The Morgan fingerprint density at radius 1 is 0.492 bits per heavy atom. The van der Waals surface area contributed by atoms with Crippen molar-refractivity contribution in [1.82, 2.24) is 0 Å². The molecule has 0 fully saturated rings. The maximum atomic E-state index is 12.8. The zero-order valence-electron chi connectivity index (χ0n) is 42.7. The van der Waals surface area contributed by atoms with Crippen LogP contribution in [0.4, 0.5) is 0 Å². The summed E-state index contributed by atoms with van der Waals surface area (Å²) in [5.74, 6) is -0.352. The standard InChI is InChI=1S/C56H100NO7P/c1-6-8-10-12-14-16-18-20-22-24-26-27-28-29-30-31-32-33-35-37-39-41-43-45-47-49-56(58)64-55(54-63-65(59,60)62-52-50-57(3,4)5)53-61-51-48-46-44-42-40-38-36-34-25-23-21-19-17-15-13-11-9-7-2/h9,11,15,17-18,20-21,23-24,26,34,36,40,42,55H,6-8,10,12-14,16,19,22,25,27-33,35,37-39,41,43-54H2,1-5H3/b11-9-,17-15-,20-18-,23-21-,26-24-,36-34-,42-40-. The number of rotatable bonds is 48. The van der Waals surface area contributed by atoms with Crippen LogP contribution in [0.25, 0.3) is 0 Å². The van der Waals surface area contributed by atoms with Gasteiger partial charge in [0.15, 0.2) is 0 Å². The summed E-state index contributed by atoms with van der Waals surface area (Å²) in [6, 6.07) is 0. The summed E-state index contributed by atoms with van der Waals surface area (Å²) in [4.78, 5) is 25.2. The number of esters is 1. The Kier molecular flexibility index (Phi) is 46.4. The lowest BCUT2D eigenvalue weighted by molar-refractivity contribution is -0.870. The fourth-order valence-corrected chi connectivity index (χ4v) is 7.63. The molecule has 8 nitrogen and oxygen atoms in total. The summed E-state index contributed by atoms with van der Waals surface area (Å²) in [6.07, 6.45) is 64.8. The highest BCUT2D eigenvalue weighted by atomic mass is 31.2. The van der Waals surface area contributed by atoms with E-state index in [1.807, 2.05) is 21.1 Å². The van der Waals surface area contributed by atoms with Gasteiger partial charge in [0.25, 0.3) is 7.82 Å². The first-order chi connectivity index (χ1) is 31.6. The van der Waals surface area contributed by atoms with Crippen molar-refractivity contribution in [1.29, 1.82) is 0 Å². The minimum Gasteiger partial charge on any atom is -0.756 e. The number of allylic oxidation sites excluding steroid dienone is 14. The first-order valence-electron chi connectivity index (χ1n) is 26.3. The van der Waals surface area contributed by atoms with Crippen LogP contribution in [0.1, 0.15) is 206 Å². The second-order valence-corrected chi connectivity index (χ2v) is 19.9. The van der Waals surface area contributed by atoms with Gasteiger partial charge in [-0.3, -0.25) is 9.36 Å². The number of phosphoric acid groups is 1. The van der Waals surface area contributed by atoms with Crippen molar-refractivity contribution in [2.45, 2.75) is 213 Å². The lowest BCUT2D eigenvalue weighted by Gasteiger charge is -2.28. The molecule has 0 heterocycles. The van der Waals surface area contributed by atoms with Gasteiger partial charge in [-0.2, -0.15) is 0 Å². The predicted octanol–water partition coefficient (Wildman–Crippen LogP) is 15.8. The van der Waals surface area contributed by atoms with Gasteiger partial charge in [0, 0.05) is 13.0 Å². The summed E-state index contributed by atoms with van der Waals surface area (Å²) in [7, 11) is 1.32. The number of quaternary nitrogens is 1. The smallest absolute Gasteiger partial charge is 0.306 e. The van der Waals surface area contributed by atoms with E-state index in [-0.39, 0.29) is 25.8 Å². The number of unbranched alkanes of at least 4 members (excludes halogenated alkanes) is 20. The minimum absolute atomic E-state index is 0.0136. The van der Waals surface area contributed by atoms with Crippen molar-refractivity contribution in [2.75, 3.05) is 54.1 Å². The molecule has 0 aliphatic rings. The number of likely N-dealkylation sites (N-methyl/N-ethyl adjacent to an activating group) is 1. The van der Waals surface area contributed by atoms with Crippen molar-refractivity contribution < 1.29 is 37.3 Å². The van der Waals surface area contributed by atoms with E-state index in [0.717, 1.165) is 77.0 Å². The highest BCUT2D eigenvalue weighted by Gasteiger charge is 2.20. The zero-order valence-corrected chi connectivity index (χ0v) is 43.6. The van der Waals surface area contributed by atoms with Crippen molar-refractivity contribution >= 4 is 13.8 Å². The maximum Gasteiger partial charge on any atom is 0.306 e. The van der Waals surface area contributed by atoms with Crippen LogP contribution in [0.15, 0.2) is 85.1 Å². The fourth-order valence-electron chi connectivity index (χ4n) is 6.90. The predicted molar refractivity (Wildman–Crippen MR) is 277 cm³/mol. The summed E-state index contributed by atoms with van der Waals surface area (Å²) in [5.41, 5.74) is 0. The SMILES string of the molecule is CC/C=C\C/C=C\C/C=C\C/C=C\C/C=C\CCCCOCC(COP(=O)([O-])OCC[N+](C)(C)C)OC(=O)CCCCCCCCCCCCCCC/C=C\C/C=C\CCCCCCC. The van der Waals surface area contributed by atoms with Crippen LogP contribution >= 0.6 is 7.82 Å². The molecule has 0 rings (SSSR count). The molecule has 0 aromatic carbocycles. The highest BCUT2D eigenvalue weighted by molar-refractivity contribution is 7.45. The average molecular weight is 930 g/mol. The molecule has 2 unspecified atom stereocenters. The van der Waals surface area contributed by atoms with Crippen molar-refractivity contribution in [2.24, 2.45) is 0 Å². The Morgan fingerprint density at radius 3 is 1.34 bits per heavy atom. The second-order valence-electron chi connectivity index (χ2n) is 18.5. The van der Waals surface area contributed by atoms with Crippen LogP contribution in [0, 0.1) is 0 Å². The van der Waals surface area contributed by atoms with Crippen LogP contribution in [0.3, 0.4) is 0 Å². The van der Waals surface area contributed by atoms with E-state index in [1.165, 1.54) is 109 Å².